The molecule has 0 aliphatic rings. The van der Waals surface area contributed by atoms with Crippen molar-refractivity contribution in [1.82, 2.24) is 0 Å². The molecule has 0 saturated carbocycles. The Labute approximate surface area is 131 Å². The average molecular weight is 351 g/mol. The fraction of sp³-hybridized carbons (Fsp3) is 0.133. The number of amides is 1. The van der Waals surface area contributed by atoms with Crippen molar-refractivity contribution in [3.05, 3.63) is 46.9 Å². The van der Waals surface area contributed by atoms with Crippen molar-refractivity contribution in [3.63, 3.8) is 0 Å². The summed E-state index contributed by atoms with van der Waals surface area (Å²) < 4.78 is 11.3. The van der Waals surface area contributed by atoms with Gasteiger partial charge in [-0.05, 0) is 46.3 Å². The molecule has 2 aromatic carbocycles. The number of ether oxygens (including phenoxy) is 2. The third-order valence-corrected chi connectivity index (χ3v) is 3.35. The number of nitrogens with one attached hydrogen (secondary N) is 1. The van der Waals surface area contributed by atoms with Crippen LogP contribution in [0.3, 0.4) is 0 Å². The first-order valence-corrected chi connectivity index (χ1v) is 7.00. The van der Waals surface area contributed by atoms with Gasteiger partial charge in [0.1, 0.15) is 0 Å². The Morgan fingerprint density at radius 1 is 1.24 bits per heavy atom. The third-order valence-electron chi connectivity index (χ3n) is 2.70. The van der Waals surface area contributed by atoms with Crippen LogP contribution in [-0.2, 0) is 4.79 Å². The Morgan fingerprint density at radius 3 is 2.62 bits per heavy atom. The van der Waals surface area contributed by atoms with Gasteiger partial charge in [-0.25, -0.2) is 0 Å². The average Bonchev–Trinajstić information content (AvgIpc) is 2.48. The maximum atomic E-state index is 11.9. The molecule has 0 fully saturated rings. The zero-order chi connectivity index (χ0) is 15.2. The molecule has 0 bridgehead atoms. The van der Waals surface area contributed by atoms with E-state index >= 15 is 0 Å². The number of anilines is 2. The molecule has 0 aromatic heterocycles. The van der Waals surface area contributed by atoms with Gasteiger partial charge in [-0.1, -0.05) is 12.1 Å². The van der Waals surface area contributed by atoms with Crippen LogP contribution in [0.25, 0.3) is 0 Å². The number of nitrogens with two attached hydrogens (primary N) is 1. The zero-order valence-electron chi connectivity index (χ0n) is 11.4. The molecule has 0 aliphatic heterocycles. The second-order valence-electron chi connectivity index (χ2n) is 4.23. The van der Waals surface area contributed by atoms with E-state index in [1.807, 2.05) is 12.1 Å². The van der Waals surface area contributed by atoms with Gasteiger partial charge < -0.3 is 20.5 Å². The molecule has 1 amide bonds. The van der Waals surface area contributed by atoms with Crippen molar-refractivity contribution >= 4 is 33.2 Å². The standard InChI is InChI=1S/C15H15BrN2O3/c1-20-13-4-2-3-5-14(13)21-9-15(19)18-12-7-6-10(17)8-11(12)16/h2-8H,9,17H2,1H3,(H,18,19). The van der Waals surface area contributed by atoms with Crippen LogP contribution in [0.2, 0.25) is 0 Å². The highest BCUT2D eigenvalue weighted by Crippen LogP contribution is 2.26. The van der Waals surface area contributed by atoms with Gasteiger partial charge in [0, 0.05) is 10.2 Å². The first-order valence-electron chi connectivity index (χ1n) is 6.21. The first kappa shape index (κ1) is 15.2. The van der Waals surface area contributed by atoms with E-state index in [-0.39, 0.29) is 12.5 Å². The normalized spacial score (nSPS) is 10.0. The van der Waals surface area contributed by atoms with Crippen molar-refractivity contribution in [2.75, 3.05) is 24.8 Å². The number of carbonyl (C=O) groups excluding carboxylic acids is 1. The summed E-state index contributed by atoms with van der Waals surface area (Å²) in [5.41, 5.74) is 6.90. The van der Waals surface area contributed by atoms with Gasteiger partial charge in [0.2, 0.25) is 0 Å². The second-order valence-corrected chi connectivity index (χ2v) is 5.08. The van der Waals surface area contributed by atoms with Gasteiger partial charge in [0.25, 0.3) is 5.91 Å². The zero-order valence-corrected chi connectivity index (χ0v) is 13.0. The van der Waals surface area contributed by atoms with Crippen molar-refractivity contribution < 1.29 is 14.3 Å². The van der Waals surface area contributed by atoms with Crippen LogP contribution in [0, 0.1) is 0 Å². The fourth-order valence-corrected chi connectivity index (χ4v) is 2.20. The lowest BCUT2D eigenvalue weighted by Crippen LogP contribution is -2.20. The number of hydrogen-bond acceptors (Lipinski definition) is 4. The summed E-state index contributed by atoms with van der Waals surface area (Å²) in [5, 5.41) is 2.74. The van der Waals surface area contributed by atoms with Crippen molar-refractivity contribution in [3.8, 4) is 11.5 Å². The molecule has 0 radical (unpaired) electrons. The highest BCUT2D eigenvalue weighted by Gasteiger charge is 2.09. The molecule has 0 aliphatic carbocycles. The number of benzene rings is 2. The predicted molar refractivity (Wildman–Crippen MR) is 85.7 cm³/mol. The van der Waals surface area contributed by atoms with E-state index in [4.69, 9.17) is 15.2 Å². The lowest BCUT2D eigenvalue weighted by molar-refractivity contribution is -0.118. The predicted octanol–water partition coefficient (Wildman–Crippen LogP) is 3.06. The largest absolute Gasteiger partial charge is 0.493 e. The van der Waals surface area contributed by atoms with Crippen LogP contribution >= 0.6 is 15.9 Å². The molecule has 3 N–H and O–H groups in total. The van der Waals surface area contributed by atoms with Gasteiger partial charge in [-0.2, -0.15) is 0 Å². The van der Waals surface area contributed by atoms with Gasteiger partial charge in [0.05, 0.1) is 12.8 Å². The summed E-state index contributed by atoms with van der Waals surface area (Å²) in [5.74, 6) is 0.830. The van der Waals surface area contributed by atoms with E-state index in [0.717, 1.165) is 0 Å². The highest BCUT2D eigenvalue weighted by atomic mass is 79.9. The number of methoxy groups -OCH3 is 1. The number of carbonyl (C=O) groups is 1. The second kappa shape index (κ2) is 6.99. The Bertz CT molecular complexity index is 647. The summed E-state index contributed by atoms with van der Waals surface area (Å²) in [6, 6.07) is 12.3. The smallest absolute Gasteiger partial charge is 0.262 e. The lowest BCUT2D eigenvalue weighted by Gasteiger charge is -2.11. The van der Waals surface area contributed by atoms with Crippen LogP contribution in [0.1, 0.15) is 0 Å². The first-order chi connectivity index (χ1) is 10.1. The minimum absolute atomic E-state index is 0.114. The molecule has 110 valence electrons. The quantitative estimate of drug-likeness (QED) is 0.812. The molecule has 2 aromatic rings. The van der Waals surface area contributed by atoms with Crippen LogP contribution in [0.4, 0.5) is 11.4 Å². The Morgan fingerprint density at radius 2 is 1.95 bits per heavy atom. The molecule has 0 saturated heterocycles. The molecule has 0 unspecified atom stereocenters. The fourth-order valence-electron chi connectivity index (χ4n) is 1.70. The number of halogens is 1. The number of nitrogen functional groups attached to an aromatic ring is 1. The van der Waals surface area contributed by atoms with Gasteiger partial charge in [0.15, 0.2) is 18.1 Å². The third kappa shape index (κ3) is 4.13. The molecule has 0 atom stereocenters. The molecule has 2 rings (SSSR count). The molecule has 0 spiro atoms. The van der Waals surface area contributed by atoms with Crippen LogP contribution in [-0.4, -0.2) is 19.6 Å². The monoisotopic (exact) mass is 350 g/mol. The van der Waals surface area contributed by atoms with Gasteiger partial charge in [-0.3, -0.25) is 4.79 Å². The topological polar surface area (TPSA) is 73.6 Å². The van der Waals surface area contributed by atoms with Crippen LogP contribution in [0.15, 0.2) is 46.9 Å². The number of rotatable bonds is 5. The van der Waals surface area contributed by atoms with E-state index in [9.17, 15) is 4.79 Å². The van der Waals surface area contributed by atoms with E-state index < -0.39 is 0 Å². The Kier molecular flexibility index (Phi) is 5.05. The van der Waals surface area contributed by atoms with E-state index in [1.54, 1.807) is 37.4 Å². The molecule has 6 heteroatoms. The van der Waals surface area contributed by atoms with Crippen molar-refractivity contribution in [1.29, 1.82) is 0 Å². The highest BCUT2D eigenvalue weighted by molar-refractivity contribution is 9.10. The van der Waals surface area contributed by atoms with E-state index in [0.29, 0.717) is 27.3 Å². The van der Waals surface area contributed by atoms with Crippen molar-refractivity contribution in [2.24, 2.45) is 0 Å². The number of para-hydroxylation sites is 2. The van der Waals surface area contributed by atoms with Gasteiger partial charge in [-0.15, -0.1) is 0 Å². The maximum Gasteiger partial charge on any atom is 0.262 e. The summed E-state index contributed by atoms with van der Waals surface area (Å²) in [6.07, 6.45) is 0. The summed E-state index contributed by atoms with van der Waals surface area (Å²) in [7, 11) is 1.55. The Hall–Kier alpha value is -2.21. The lowest BCUT2D eigenvalue weighted by atomic mass is 10.3. The number of hydrogen-bond donors (Lipinski definition) is 2. The molecule has 21 heavy (non-hydrogen) atoms. The molecular weight excluding hydrogens is 336 g/mol. The van der Waals surface area contributed by atoms with Crippen LogP contribution < -0.4 is 20.5 Å². The minimum atomic E-state index is -0.272. The van der Waals surface area contributed by atoms with E-state index in [2.05, 4.69) is 21.2 Å². The molecule has 5 nitrogen and oxygen atoms in total. The summed E-state index contributed by atoms with van der Waals surface area (Å²) >= 11 is 3.34. The Balaban J connectivity index is 1.96. The van der Waals surface area contributed by atoms with Gasteiger partial charge >= 0.3 is 0 Å². The van der Waals surface area contributed by atoms with E-state index in [1.165, 1.54) is 0 Å². The molecule has 0 heterocycles. The summed E-state index contributed by atoms with van der Waals surface area (Å²) in [4.78, 5) is 11.9. The summed E-state index contributed by atoms with van der Waals surface area (Å²) in [6.45, 7) is -0.114. The minimum Gasteiger partial charge on any atom is -0.493 e. The molecular formula is C15H15BrN2O3. The maximum absolute atomic E-state index is 11.9. The SMILES string of the molecule is COc1ccccc1OCC(=O)Nc1ccc(N)cc1Br. The van der Waals surface area contributed by atoms with Crippen molar-refractivity contribution in [2.45, 2.75) is 0 Å². The van der Waals surface area contributed by atoms with Crippen LogP contribution in [0.5, 0.6) is 11.5 Å².